The summed E-state index contributed by atoms with van der Waals surface area (Å²) in [7, 11) is 0. The number of aliphatic hydroxyl groups is 1. The van der Waals surface area contributed by atoms with E-state index in [-0.39, 0.29) is 18.3 Å². The van der Waals surface area contributed by atoms with Gasteiger partial charge in [0.25, 0.3) is 0 Å². The summed E-state index contributed by atoms with van der Waals surface area (Å²) in [5, 5.41) is 8.58. The van der Waals surface area contributed by atoms with Gasteiger partial charge in [0.1, 0.15) is 6.10 Å². The molecule has 1 fully saturated rings. The lowest BCUT2D eigenvalue weighted by Gasteiger charge is -2.10. The van der Waals surface area contributed by atoms with Crippen LogP contribution in [0.1, 0.15) is 25.7 Å². The van der Waals surface area contributed by atoms with Crippen LogP contribution in [0.2, 0.25) is 0 Å². The molecule has 1 aliphatic carbocycles. The lowest BCUT2D eigenvalue weighted by molar-refractivity contribution is -0.144. The van der Waals surface area contributed by atoms with Crippen molar-refractivity contribution in [2.45, 2.75) is 31.8 Å². The molecule has 0 aromatic heterocycles. The average molecular weight is 170 g/mol. The summed E-state index contributed by atoms with van der Waals surface area (Å²) in [5.74, 6) is -0.454. The Balaban J connectivity index is 2.29. The van der Waals surface area contributed by atoms with Gasteiger partial charge < -0.3 is 9.84 Å². The highest BCUT2D eigenvalue weighted by Gasteiger charge is 2.19. The van der Waals surface area contributed by atoms with Gasteiger partial charge in [-0.15, -0.1) is 0 Å². The molecule has 0 bridgehead atoms. The Morgan fingerprint density at radius 2 is 2.08 bits per heavy atom. The smallest absolute Gasteiger partial charge is 0.336 e. The molecule has 0 heterocycles. The molecule has 0 radical (unpaired) electrons. The Labute approximate surface area is 72.0 Å². The summed E-state index contributed by atoms with van der Waals surface area (Å²) in [6, 6.07) is 0. The first-order valence-electron chi connectivity index (χ1n) is 4.23. The molecule has 0 aromatic rings. The number of ether oxygens (including phenoxy) is 1. The van der Waals surface area contributed by atoms with Crippen molar-refractivity contribution in [3.05, 3.63) is 12.2 Å². The summed E-state index contributed by atoms with van der Waals surface area (Å²) in [6.07, 6.45) is 4.21. The van der Waals surface area contributed by atoms with Gasteiger partial charge in [-0.2, -0.15) is 0 Å². The fourth-order valence-electron chi connectivity index (χ4n) is 1.31. The second kappa shape index (κ2) is 4.26. The Bertz CT molecular complexity index is 180. The Hall–Kier alpha value is -0.830. The highest BCUT2D eigenvalue weighted by Crippen LogP contribution is 2.21. The van der Waals surface area contributed by atoms with E-state index < -0.39 is 5.97 Å². The highest BCUT2D eigenvalue weighted by atomic mass is 16.5. The molecule has 68 valence electrons. The van der Waals surface area contributed by atoms with Gasteiger partial charge in [-0.1, -0.05) is 6.58 Å². The number of hydrogen-bond donors (Lipinski definition) is 1. The molecule has 0 aromatic carbocycles. The predicted molar refractivity (Wildman–Crippen MR) is 44.6 cm³/mol. The number of carbonyl (C=O) groups is 1. The monoisotopic (exact) mass is 170 g/mol. The van der Waals surface area contributed by atoms with Crippen molar-refractivity contribution < 1.29 is 14.6 Å². The molecule has 0 spiro atoms. The van der Waals surface area contributed by atoms with Gasteiger partial charge in [0.15, 0.2) is 0 Å². The third kappa shape index (κ3) is 2.34. The maximum atomic E-state index is 11.0. The number of aliphatic hydroxyl groups excluding tert-OH is 1. The molecular formula is C9H14O3. The Morgan fingerprint density at radius 1 is 1.50 bits per heavy atom. The first-order valence-corrected chi connectivity index (χ1v) is 4.23. The molecule has 0 atom stereocenters. The van der Waals surface area contributed by atoms with Crippen LogP contribution in [0, 0.1) is 0 Å². The topological polar surface area (TPSA) is 46.5 Å². The lowest BCUT2D eigenvalue weighted by Crippen LogP contribution is -2.17. The molecule has 1 N–H and O–H groups in total. The molecule has 1 aliphatic rings. The van der Waals surface area contributed by atoms with Crippen LogP contribution in [0.25, 0.3) is 0 Å². The van der Waals surface area contributed by atoms with Crippen molar-refractivity contribution in [1.29, 1.82) is 0 Å². The number of esters is 1. The zero-order valence-corrected chi connectivity index (χ0v) is 7.08. The van der Waals surface area contributed by atoms with E-state index in [0.29, 0.717) is 0 Å². The van der Waals surface area contributed by atoms with E-state index in [0.717, 1.165) is 25.7 Å². The molecular weight excluding hydrogens is 156 g/mol. The van der Waals surface area contributed by atoms with Crippen molar-refractivity contribution in [1.82, 2.24) is 0 Å². The van der Waals surface area contributed by atoms with E-state index in [1.54, 1.807) is 0 Å². The molecule has 0 amide bonds. The van der Waals surface area contributed by atoms with Crippen LogP contribution in [0.5, 0.6) is 0 Å². The molecule has 3 nitrogen and oxygen atoms in total. The number of rotatable bonds is 3. The normalized spacial score (nSPS) is 17.8. The fraction of sp³-hybridized carbons (Fsp3) is 0.667. The quantitative estimate of drug-likeness (QED) is 0.508. The number of hydrogen-bond acceptors (Lipinski definition) is 3. The minimum Gasteiger partial charge on any atom is -0.459 e. The van der Waals surface area contributed by atoms with E-state index in [4.69, 9.17) is 9.84 Å². The second-order valence-electron chi connectivity index (χ2n) is 3.07. The third-order valence-electron chi connectivity index (χ3n) is 2.06. The number of carbonyl (C=O) groups excluding carboxylic acids is 1. The van der Waals surface area contributed by atoms with Crippen molar-refractivity contribution in [2.75, 3.05) is 6.61 Å². The second-order valence-corrected chi connectivity index (χ2v) is 3.07. The molecule has 0 unspecified atom stereocenters. The van der Waals surface area contributed by atoms with E-state index >= 15 is 0 Å². The summed E-state index contributed by atoms with van der Waals surface area (Å²) in [5.41, 5.74) is 0.141. The van der Waals surface area contributed by atoms with Gasteiger partial charge in [-0.05, 0) is 25.7 Å². The van der Waals surface area contributed by atoms with Crippen LogP contribution in [0.15, 0.2) is 12.2 Å². The van der Waals surface area contributed by atoms with Crippen molar-refractivity contribution in [3.63, 3.8) is 0 Å². The van der Waals surface area contributed by atoms with Crippen molar-refractivity contribution in [3.8, 4) is 0 Å². The highest BCUT2D eigenvalue weighted by molar-refractivity contribution is 5.88. The van der Waals surface area contributed by atoms with E-state index in [9.17, 15) is 4.79 Å². The summed E-state index contributed by atoms with van der Waals surface area (Å²) in [4.78, 5) is 11.0. The van der Waals surface area contributed by atoms with Crippen LogP contribution in [-0.4, -0.2) is 23.8 Å². The molecule has 0 aliphatic heterocycles. The molecule has 0 saturated heterocycles. The van der Waals surface area contributed by atoms with Crippen LogP contribution in [-0.2, 0) is 9.53 Å². The summed E-state index contributed by atoms with van der Waals surface area (Å²) < 4.78 is 5.07. The first-order chi connectivity index (χ1) is 5.74. The summed E-state index contributed by atoms with van der Waals surface area (Å²) in [6.45, 7) is 3.08. The Morgan fingerprint density at radius 3 is 2.58 bits per heavy atom. The average Bonchev–Trinajstić information content (AvgIpc) is 2.55. The standard InChI is InChI=1S/C9H14O3/c1-7(6-10)9(11)12-8-4-2-3-5-8/h8,10H,1-6H2. The molecule has 3 heteroatoms. The van der Waals surface area contributed by atoms with Gasteiger partial charge in [0, 0.05) is 0 Å². The molecule has 1 saturated carbocycles. The lowest BCUT2D eigenvalue weighted by atomic mass is 10.3. The zero-order valence-electron chi connectivity index (χ0n) is 7.08. The molecule has 12 heavy (non-hydrogen) atoms. The third-order valence-corrected chi connectivity index (χ3v) is 2.06. The van der Waals surface area contributed by atoms with Crippen LogP contribution in [0.3, 0.4) is 0 Å². The van der Waals surface area contributed by atoms with Crippen LogP contribution in [0.4, 0.5) is 0 Å². The minimum absolute atomic E-state index is 0.0563. The van der Waals surface area contributed by atoms with Gasteiger partial charge in [0.05, 0.1) is 12.2 Å². The van der Waals surface area contributed by atoms with E-state index in [2.05, 4.69) is 6.58 Å². The van der Waals surface area contributed by atoms with Gasteiger partial charge >= 0.3 is 5.97 Å². The van der Waals surface area contributed by atoms with Crippen molar-refractivity contribution in [2.24, 2.45) is 0 Å². The van der Waals surface area contributed by atoms with E-state index in [1.807, 2.05) is 0 Å². The molecule has 1 rings (SSSR count). The maximum absolute atomic E-state index is 11.0. The van der Waals surface area contributed by atoms with Gasteiger partial charge in [0.2, 0.25) is 0 Å². The summed E-state index contributed by atoms with van der Waals surface area (Å²) >= 11 is 0. The fourth-order valence-corrected chi connectivity index (χ4v) is 1.31. The SMILES string of the molecule is C=C(CO)C(=O)OC1CCCC1. The van der Waals surface area contributed by atoms with Crippen LogP contribution >= 0.6 is 0 Å². The largest absolute Gasteiger partial charge is 0.459 e. The Kier molecular flexibility index (Phi) is 3.29. The van der Waals surface area contributed by atoms with Crippen LogP contribution < -0.4 is 0 Å². The van der Waals surface area contributed by atoms with Gasteiger partial charge in [-0.25, -0.2) is 4.79 Å². The first kappa shape index (κ1) is 9.26. The van der Waals surface area contributed by atoms with E-state index in [1.165, 1.54) is 0 Å². The van der Waals surface area contributed by atoms with Gasteiger partial charge in [-0.3, -0.25) is 0 Å². The minimum atomic E-state index is -0.454. The predicted octanol–water partition coefficient (Wildman–Crippen LogP) is 1.02. The maximum Gasteiger partial charge on any atom is 0.336 e. The van der Waals surface area contributed by atoms with Crippen molar-refractivity contribution >= 4 is 5.97 Å². The zero-order chi connectivity index (χ0) is 8.97.